The van der Waals surface area contributed by atoms with Gasteiger partial charge in [-0.1, -0.05) is 12.1 Å². The fourth-order valence-corrected chi connectivity index (χ4v) is 1.88. The minimum atomic E-state index is -4.45. The van der Waals surface area contributed by atoms with E-state index in [2.05, 4.69) is 26.1 Å². The highest BCUT2D eigenvalue weighted by molar-refractivity contribution is 9.10. The Hall–Kier alpha value is -1.63. The summed E-state index contributed by atoms with van der Waals surface area (Å²) in [4.78, 5) is 11.9. The van der Waals surface area contributed by atoms with E-state index in [1.165, 1.54) is 18.3 Å². The van der Waals surface area contributed by atoms with Crippen LogP contribution in [-0.2, 0) is 12.6 Å². The number of carbonyl (C=O) groups excluding carboxylic acids is 1. The number of hydrogen-bond donors (Lipinski definition) is 1. The van der Waals surface area contributed by atoms with Crippen molar-refractivity contribution >= 4 is 21.7 Å². The summed E-state index contributed by atoms with van der Waals surface area (Å²) in [7, 11) is 0. The Morgan fingerprint density at radius 3 is 2.68 bits per heavy atom. The van der Waals surface area contributed by atoms with Crippen molar-refractivity contribution in [3.63, 3.8) is 0 Å². The van der Waals surface area contributed by atoms with Gasteiger partial charge >= 0.3 is 6.18 Å². The molecule has 1 N–H and O–H groups in total. The second-order valence-electron chi connectivity index (χ2n) is 3.88. The highest BCUT2D eigenvalue weighted by Gasteiger charge is 2.30. The van der Waals surface area contributed by atoms with Crippen LogP contribution in [0.4, 0.5) is 13.2 Å². The molecule has 0 bridgehead atoms. The summed E-state index contributed by atoms with van der Waals surface area (Å²) in [5.74, 6) is -0.406. The Morgan fingerprint density at radius 2 is 2.11 bits per heavy atom. The molecule has 2 rings (SSSR count). The molecule has 1 aromatic carbocycles. The third-order valence-corrected chi connectivity index (χ3v) is 3.20. The van der Waals surface area contributed by atoms with Crippen LogP contribution in [0.2, 0.25) is 0 Å². The van der Waals surface area contributed by atoms with Crippen molar-refractivity contribution in [2.24, 2.45) is 0 Å². The van der Waals surface area contributed by atoms with E-state index in [0.717, 1.165) is 12.1 Å². The van der Waals surface area contributed by atoms with E-state index in [0.29, 0.717) is 10.2 Å². The van der Waals surface area contributed by atoms with Crippen molar-refractivity contribution in [2.75, 3.05) is 0 Å². The third-order valence-electron chi connectivity index (χ3n) is 2.51. The van der Waals surface area contributed by atoms with Gasteiger partial charge in [-0.3, -0.25) is 9.89 Å². The number of H-pyrrole nitrogens is 1. The molecule has 0 amide bonds. The van der Waals surface area contributed by atoms with Crippen molar-refractivity contribution in [2.45, 2.75) is 12.6 Å². The van der Waals surface area contributed by atoms with E-state index in [4.69, 9.17) is 0 Å². The molecule has 0 aliphatic carbocycles. The zero-order valence-corrected chi connectivity index (χ0v) is 11.0. The molecular formula is C12H8BrF3N2O. The van der Waals surface area contributed by atoms with Crippen molar-refractivity contribution in [3.05, 3.63) is 51.8 Å². The van der Waals surface area contributed by atoms with Gasteiger partial charge in [0.25, 0.3) is 0 Å². The monoisotopic (exact) mass is 332 g/mol. The molecular weight excluding hydrogens is 325 g/mol. The lowest BCUT2D eigenvalue weighted by Gasteiger charge is -2.08. The Balaban J connectivity index is 2.23. The first-order chi connectivity index (χ1) is 8.88. The number of ketones is 1. The van der Waals surface area contributed by atoms with Crippen LogP contribution in [0.5, 0.6) is 0 Å². The molecule has 7 heteroatoms. The van der Waals surface area contributed by atoms with Gasteiger partial charge in [0.15, 0.2) is 5.78 Å². The first-order valence-corrected chi connectivity index (χ1v) is 6.05. The SMILES string of the molecule is O=C(Cc1[nH]ncc1Br)c1cccc(C(F)(F)F)c1. The van der Waals surface area contributed by atoms with E-state index in [1.54, 1.807) is 0 Å². The number of hydrogen-bond acceptors (Lipinski definition) is 2. The number of halogens is 4. The molecule has 0 atom stereocenters. The van der Waals surface area contributed by atoms with E-state index >= 15 is 0 Å². The number of benzene rings is 1. The van der Waals surface area contributed by atoms with Gasteiger partial charge in [0, 0.05) is 5.56 Å². The number of aromatic nitrogens is 2. The Kier molecular flexibility index (Phi) is 3.75. The first kappa shape index (κ1) is 13.8. The first-order valence-electron chi connectivity index (χ1n) is 5.26. The Labute approximate surface area is 115 Å². The lowest BCUT2D eigenvalue weighted by Crippen LogP contribution is -2.09. The molecule has 19 heavy (non-hydrogen) atoms. The maximum absolute atomic E-state index is 12.5. The highest BCUT2D eigenvalue weighted by atomic mass is 79.9. The number of nitrogens with zero attached hydrogens (tertiary/aromatic N) is 1. The smallest absolute Gasteiger partial charge is 0.294 e. The standard InChI is InChI=1S/C12H8BrF3N2O/c13-9-6-17-18-10(9)5-11(19)7-2-1-3-8(4-7)12(14,15)16/h1-4,6H,5H2,(H,17,18). The molecule has 0 fully saturated rings. The molecule has 0 unspecified atom stereocenters. The number of aromatic amines is 1. The number of nitrogens with one attached hydrogen (secondary N) is 1. The zero-order chi connectivity index (χ0) is 14.0. The summed E-state index contributed by atoms with van der Waals surface area (Å²) in [5, 5.41) is 6.33. The normalized spacial score (nSPS) is 11.6. The van der Waals surface area contributed by atoms with Crippen LogP contribution >= 0.6 is 15.9 Å². The van der Waals surface area contributed by atoms with Crippen molar-refractivity contribution < 1.29 is 18.0 Å². The quantitative estimate of drug-likeness (QED) is 0.872. The summed E-state index contributed by atoms with van der Waals surface area (Å²) in [6.07, 6.45) is -3.01. The van der Waals surface area contributed by atoms with Gasteiger partial charge in [-0.25, -0.2) is 0 Å². The van der Waals surface area contributed by atoms with Crippen LogP contribution in [0.15, 0.2) is 34.9 Å². The fraction of sp³-hybridized carbons (Fsp3) is 0.167. The van der Waals surface area contributed by atoms with Crippen LogP contribution < -0.4 is 0 Å². The van der Waals surface area contributed by atoms with Gasteiger partial charge in [0.2, 0.25) is 0 Å². The van der Waals surface area contributed by atoms with Gasteiger partial charge in [-0.05, 0) is 28.1 Å². The Morgan fingerprint density at radius 1 is 1.37 bits per heavy atom. The molecule has 0 saturated heterocycles. The topological polar surface area (TPSA) is 45.8 Å². The van der Waals surface area contributed by atoms with Gasteiger partial charge in [0.1, 0.15) is 0 Å². The molecule has 0 aliphatic rings. The van der Waals surface area contributed by atoms with E-state index in [1.807, 2.05) is 0 Å². The van der Waals surface area contributed by atoms with Crippen molar-refractivity contribution in [3.8, 4) is 0 Å². The second-order valence-corrected chi connectivity index (χ2v) is 4.73. The summed E-state index contributed by atoms with van der Waals surface area (Å²) >= 11 is 3.19. The summed E-state index contributed by atoms with van der Waals surface area (Å²) in [6.45, 7) is 0. The minimum absolute atomic E-state index is 0.0244. The molecule has 0 spiro atoms. The van der Waals surface area contributed by atoms with Crippen molar-refractivity contribution in [1.29, 1.82) is 0 Å². The molecule has 0 saturated carbocycles. The van der Waals surface area contributed by atoms with Crippen molar-refractivity contribution in [1.82, 2.24) is 10.2 Å². The minimum Gasteiger partial charge on any atom is -0.294 e. The molecule has 100 valence electrons. The van der Waals surface area contributed by atoms with Crippen LogP contribution in [0.3, 0.4) is 0 Å². The van der Waals surface area contributed by atoms with E-state index < -0.39 is 17.5 Å². The molecule has 0 radical (unpaired) electrons. The van der Waals surface area contributed by atoms with Gasteiger partial charge in [-0.2, -0.15) is 18.3 Å². The number of rotatable bonds is 3. The van der Waals surface area contributed by atoms with Crippen LogP contribution in [-0.4, -0.2) is 16.0 Å². The summed E-state index contributed by atoms with van der Waals surface area (Å²) in [5.41, 5.74) is -0.277. The predicted octanol–water partition coefficient (Wildman–Crippen LogP) is 3.62. The molecule has 2 aromatic rings. The van der Waals surface area contributed by atoms with Crippen LogP contribution in [0, 0.1) is 0 Å². The zero-order valence-electron chi connectivity index (χ0n) is 9.46. The average molecular weight is 333 g/mol. The van der Waals surface area contributed by atoms with Gasteiger partial charge in [-0.15, -0.1) is 0 Å². The van der Waals surface area contributed by atoms with E-state index in [9.17, 15) is 18.0 Å². The molecule has 3 nitrogen and oxygen atoms in total. The molecule has 1 aromatic heterocycles. The lowest BCUT2D eigenvalue weighted by molar-refractivity contribution is -0.137. The van der Waals surface area contributed by atoms with Gasteiger partial charge in [0.05, 0.1) is 28.3 Å². The van der Waals surface area contributed by atoms with E-state index in [-0.39, 0.29) is 12.0 Å². The molecule has 0 aliphatic heterocycles. The van der Waals surface area contributed by atoms with Crippen LogP contribution in [0.1, 0.15) is 21.6 Å². The highest BCUT2D eigenvalue weighted by Crippen LogP contribution is 2.29. The predicted molar refractivity (Wildman–Crippen MR) is 65.8 cm³/mol. The molecule has 1 heterocycles. The van der Waals surface area contributed by atoms with Gasteiger partial charge < -0.3 is 0 Å². The van der Waals surface area contributed by atoms with Crippen LogP contribution in [0.25, 0.3) is 0 Å². The number of Topliss-reactive ketones (excluding diaryl/α,β-unsaturated/α-hetero) is 1. The second kappa shape index (κ2) is 5.16. The number of alkyl halides is 3. The Bertz CT molecular complexity index is 607. The summed E-state index contributed by atoms with van der Waals surface area (Å²) < 4.78 is 38.2. The largest absolute Gasteiger partial charge is 0.416 e. The fourth-order valence-electron chi connectivity index (χ4n) is 1.55. The average Bonchev–Trinajstić information content (AvgIpc) is 2.74. The number of carbonyl (C=O) groups is 1. The maximum Gasteiger partial charge on any atom is 0.416 e. The lowest BCUT2D eigenvalue weighted by atomic mass is 10.0. The third kappa shape index (κ3) is 3.23. The maximum atomic E-state index is 12.5. The summed E-state index contributed by atoms with van der Waals surface area (Å²) in [6, 6.07) is 4.37.